The Balaban J connectivity index is 1.47. The summed E-state index contributed by atoms with van der Waals surface area (Å²) < 4.78 is 13.3. The molecule has 2 aromatic carbocycles. The minimum atomic E-state index is -0.461. The minimum absolute atomic E-state index is 0.0774. The number of halogens is 3. The standard InChI is InChI=1S/C22H17BrCl2N4O3/c1-13-16(12-31-19-5-3-2-4-18(19)25)20(28-32-13)22(30)26-21-17(23)11-29(27-21)10-14-6-8-15(24)9-7-14/h2-9,11H,10,12H2,1H3,(H,26,27,30). The van der Waals surface area contributed by atoms with E-state index in [-0.39, 0.29) is 12.3 Å². The van der Waals surface area contributed by atoms with E-state index >= 15 is 0 Å². The molecule has 1 N–H and O–H groups in total. The number of hydrogen-bond acceptors (Lipinski definition) is 5. The minimum Gasteiger partial charge on any atom is -0.487 e. The summed E-state index contributed by atoms with van der Waals surface area (Å²) in [5.41, 5.74) is 1.67. The lowest BCUT2D eigenvalue weighted by atomic mass is 10.2. The predicted octanol–water partition coefficient (Wildman–Crippen LogP) is 6.13. The normalized spacial score (nSPS) is 10.9. The van der Waals surface area contributed by atoms with E-state index in [0.29, 0.717) is 44.0 Å². The summed E-state index contributed by atoms with van der Waals surface area (Å²) in [6, 6.07) is 14.6. The van der Waals surface area contributed by atoms with Gasteiger partial charge in [0.2, 0.25) is 0 Å². The molecule has 1 amide bonds. The molecule has 2 aromatic heterocycles. The Morgan fingerprint density at radius 1 is 1.19 bits per heavy atom. The molecule has 2 heterocycles. The van der Waals surface area contributed by atoms with Gasteiger partial charge in [-0.25, -0.2) is 0 Å². The van der Waals surface area contributed by atoms with Crippen molar-refractivity contribution in [3.05, 3.63) is 91.8 Å². The number of ether oxygens (including phenoxy) is 1. The number of carbonyl (C=O) groups is 1. The highest BCUT2D eigenvalue weighted by Gasteiger charge is 2.22. The number of nitrogens with zero attached hydrogens (tertiary/aromatic N) is 3. The average molecular weight is 536 g/mol. The van der Waals surface area contributed by atoms with Gasteiger partial charge >= 0.3 is 0 Å². The largest absolute Gasteiger partial charge is 0.487 e. The van der Waals surface area contributed by atoms with Gasteiger partial charge < -0.3 is 14.6 Å². The lowest BCUT2D eigenvalue weighted by Crippen LogP contribution is -2.16. The topological polar surface area (TPSA) is 82.2 Å². The summed E-state index contributed by atoms with van der Waals surface area (Å²) in [5.74, 6) is 0.888. The number of carbonyl (C=O) groups excluding carboxylic acids is 1. The molecule has 0 saturated carbocycles. The second kappa shape index (κ2) is 9.77. The van der Waals surface area contributed by atoms with Crippen molar-refractivity contribution in [2.24, 2.45) is 0 Å². The number of anilines is 1. The van der Waals surface area contributed by atoms with E-state index in [1.165, 1.54) is 0 Å². The molecule has 0 fully saturated rings. The van der Waals surface area contributed by atoms with Crippen LogP contribution in [0.4, 0.5) is 5.82 Å². The van der Waals surface area contributed by atoms with E-state index in [2.05, 4.69) is 31.5 Å². The molecule has 10 heteroatoms. The maximum Gasteiger partial charge on any atom is 0.279 e. The molecular weight excluding hydrogens is 519 g/mol. The van der Waals surface area contributed by atoms with Crippen molar-refractivity contribution in [2.75, 3.05) is 5.32 Å². The van der Waals surface area contributed by atoms with E-state index in [0.717, 1.165) is 5.56 Å². The van der Waals surface area contributed by atoms with Crippen LogP contribution in [0, 0.1) is 6.92 Å². The molecule has 0 unspecified atom stereocenters. The van der Waals surface area contributed by atoms with Crippen LogP contribution in [0.2, 0.25) is 10.0 Å². The van der Waals surface area contributed by atoms with E-state index in [9.17, 15) is 4.79 Å². The van der Waals surface area contributed by atoms with Crippen LogP contribution in [0.25, 0.3) is 0 Å². The Bertz CT molecular complexity index is 1250. The summed E-state index contributed by atoms with van der Waals surface area (Å²) in [6.07, 6.45) is 1.78. The molecule has 32 heavy (non-hydrogen) atoms. The highest BCUT2D eigenvalue weighted by molar-refractivity contribution is 9.10. The molecule has 0 spiro atoms. The molecule has 0 saturated heterocycles. The van der Waals surface area contributed by atoms with E-state index in [4.69, 9.17) is 32.5 Å². The van der Waals surface area contributed by atoms with E-state index in [1.807, 2.05) is 36.4 Å². The fraction of sp³-hybridized carbons (Fsp3) is 0.136. The van der Waals surface area contributed by atoms with Crippen molar-refractivity contribution >= 4 is 50.9 Å². The van der Waals surface area contributed by atoms with Gasteiger partial charge in [-0.2, -0.15) is 5.10 Å². The highest BCUT2D eigenvalue weighted by atomic mass is 79.9. The van der Waals surface area contributed by atoms with Crippen molar-refractivity contribution in [2.45, 2.75) is 20.1 Å². The SMILES string of the molecule is Cc1onc(C(=O)Nc2nn(Cc3ccc(Cl)cc3)cc2Br)c1COc1ccccc1Cl. The van der Waals surface area contributed by atoms with Crippen molar-refractivity contribution in [3.8, 4) is 5.75 Å². The molecule has 0 aliphatic heterocycles. The van der Waals surface area contributed by atoms with Crippen LogP contribution in [0.5, 0.6) is 5.75 Å². The molecule has 0 radical (unpaired) electrons. The Hall–Kier alpha value is -2.81. The molecule has 0 aliphatic rings. The zero-order valence-electron chi connectivity index (χ0n) is 16.8. The molecule has 4 aromatic rings. The lowest BCUT2D eigenvalue weighted by molar-refractivity contribution is 0.101. The van der Waals surface area contributed by atoms with Crippen molar-refractivity contribution in [3.63, 3.8) is 0 Å². The van der Waals surface area contributed by atoms with Crippen LogP contribution < -0.4 is 10.1 Å². The first-order valence-corrected chi connectivity index (χ1v) is 11.1. The van der Waals surface area contributed by atoms with E-state index in [1.54, 1.807) is 29.9 Å². The van der Waals surface area contributed by atoms with Crippen molar-refractivity contribution in [1.82, 2.24) is 14.9 Å². The summed E-state index contributed by atoms with van der Waals surface area (Å²) in [6.45, 7) is 2.31. The fourth-order valence-corrected chi connectivity index (χ4v) is 3.69. The predicted molar refractivity (Wildman–Crippen MR) is 125 cm³/mol. The van der Waals surface area contributed by atoms with Gasteiger partial charge in [-0.15, -0.1) is 0 Å². The first-order valence-electron chi connectivity index (χ1n) is 9.52. The molecule has 0 aliphatic carbocycles. The van der Waals surface area contributed by atoms with Crippen LogP contribution in [0.1, 0.15) is 27.4 Å². The monoisotopic (exact) mass is 534 g/mol. The van der Waals surface area contributed by atoms with Crippen LogP contribution in [0.15, 0.2) is 63.7 Å². The summed E-state index contributed by atoms with van der Waals surface area (Å²) in [7, 11) is 0. The Kier molecular flexibility index (Phi) is 6.83. The van der Waals surface area contributed by atoms with Gasteiger partial charge in [0, 0.05) is 11.2 Å². The lowest BCUT2D eigenvalue weighted by Gasteiger charge is -2.08. The van der Waals surface area contributed by atoms with Crippen molar-refractivity contribution < 1.29 is 14.1 Å². The van der Waals surface area contributed by atoms with Gasteiger partial charge in [0.05, 0.1) is 21.6 Å². The second-order valence-electron chi connectivity index (χ2n) is 6.89. The highest BCUT2D eigenvalue weighted by Crippen LogP contribution is 2.26. The number of rotatable bonds is 7. The Morgan fingerprint density at radius 2 is 1.94 bits per heavy atom. The average Bonchev–Trinajstić information content (AvgIpc) is 3.31. The Morgan fingerprint density at radius 3 is 2.69 bits per heavy atom. The second-order valence-corrected chi connectivity index (χ2v) is 8.59. The number of amides is 1. The van der Waals surface area contributed by atoms with Gasteiger partial charge in [0.15, 0.2) is 11.5 Å². The van der Waals surface area contributed by atoms with Crippen LogP contribution >= 0.6 is 39.1 Å². The summed E-state index contributed by atoms with van der Waals surface area (Å²) in [5, 5.41) is 12.2. The zero-order valence-corrected chi connectivity index (χ0v) is 19.9. The molecule has 4 rings (SSSR count). The maximum atomic E-state index is 12.9. The van der Waals surface area contributed by atoms with Gasteiger partial charge in [0.25, 0.3) is 5.91 Å². The zero-order chi connectivity index (χ0) is 22.7. The third kappa shape index (κ3) is 5.15. The molecule has 0 atom stereocenters. The van der Waals surface area contributed by atoms with Gasteiger partial charge in [-0.05, 0) is 52.7 Å². The third-order valence-corrected chi connectivity index (χ3v) is 5.76. The number of nitrogens with one attached hydrogen (secondary N) is 1. The van der Waals surface area contributed by atoms with Gasteiger partial charge in [-0.1, -0.05) is 52.6 Å². The van der Waals surface area contributed by atoms with Gasteiger partial charge in [-0.3, -0.25) is 9.48 Å². The van der Waals surface area contributed by atoms with Crippen LogP contribution in [-0.4, -0.2) is 20.8 Å². The van der Waals surface area contributed by atoms with E-state index < -0.39 is 5.91 Å². The smallest absolute Gasteiger partial charge is 0.279 e. The number of aryl methyl sites for hydroxylation is 1. The summed E-state index contributed by atoms with van der Waals surface area (Å²) >= 11 is 15.5. The third-order valence-electron chi connectivity index (χ3n) is 4.62. The Labute approximate surface area is 202 Å². The van der Waals surface area contributed by atoms with Crippen LogP contribution in [0.3, 0.4) is 0 Å². The number of para-hydroxylation sites is 1. The van der Waals surface area contributed by atoms with Crippen molar-refractivity contribution in [1.29, 1.82) is 0 Å². The molecule has 7 nitrogen and oxygen atoms in total. The first kappa shape index (κ1) is 22.4. The molecular formula is C22H17BrCl2N4O3. The summed E-state index contributed by atoms with van der Waals surface area (Å²) in [4.78, 5) is 12.9. The first-order chi connectivity index (χ1) is 15.4. The number of benzene rings is 2. The fourth-order valence-electron chi connectivity index (χ4n) is 2.96. The van der Waals surface area contributed by atoms with Crippen LogP contribution in [-0.2, 0) is 13.2 Å². The number of aromatic nitrogens is 3. The molecule has 164 valence electrons. The molecule has 0 bridgehead atoms. The maximum absolute atomic E-state index is 12.9. The van der Waals surface area contributed by atoms with Gasteiger partial charge in [0.1, 0.15) is 18.1 Å². The number of hydrogen-bond donors (Lipinski definition) is 1. The quantitative estimate of drug-likeness (QED) is 0.308.